The Balaban J connectivity index is 1.83. The standard InChI is InChI=1S/C16H21F2NO3/c17-15(18)22-13-6-4-5-12(9-13)11-19-14(20)10-16(21)7-2-1-3-8-16/h4-6,9,15,21H,1-3,7-8,10-11H2,(H,19,20). The summed E-state index contributed by atoms with van der Waals surface area (Å²) < 4.78 is 28.6. The normalized spacial score (nSPS) is 17.3. The number of carbonyl (C=O) groups is 1. The average molecular weight is 313 g/mol. The summed E-state index contributed by atoms with van der Waals surface area (Å²) >= 11 is 0. The Hall–Kier alpha value is -1.69. The molecule has 1 amide bonds. The van der Waals surface area contributed by atoms with Gasteiger partial charge in [-0.3, -0.25) is 4.79 Å². The van der Waals surface area contributed by atoms with E-state index < -0.39 is 12.2 Å². The zero-order valence-corrected chi connectivity index (χ0v) is 12.4. The zero-order chi connectivity index (χ0) is 16.0. The first kappa shape index (κ1) is 16.7. The van der Waals surface area contributed by atoms with E-state index in [9.17, 15) is 18.7 Å². The molecule has 0 radical (unpaired) electrons. The van der Waals surface area contributed by atoms with E-state index in [1.807, 2.05) is 0 Å². The number of alkyl halides is 2. The van der Waals surface area contributed by atoms with Gasteiger partial charge >= 0.3 is 6.61 Å². The summed E-state index contributed by atoms with van der Waals surface area (Å²) in [6.45, 7) is -2.65. The fourth-order valence-corrected chi connectivity index (χ4v) is 2.78. The topological polar surface area (TPSA) is 58.6 Å². The van der Waals surface area contributed by atoms with Crippen molar-refractivity contribution in [2.45, 2.75) is 57.3 Å². The van der Waals surface area contributed by atoms with Crippen molar-refractivity contribution in [1.29, 1.82) is 0 Å². The Labute approximate surface area is 128 Å². The molecular formula is C16H21F2NO3. The van der Waals surface area contributed by atoms with Crippen LogP contribution < -0.4 is 10.1 Å². The van der Waals surface area contributed by atoms with E-state index in [2.05, 4.69) is 10.1 Å². The third kappa shape index (κ3) is 5.26. The highest BCUT2D eigenvalue weighted by molar-refractivity contribution is 5.77. The smallest absolute Gasteiger partial charge is 0.387 e. The zero-order valence-electron chi connectivity index (χ0n) is 12.4. The summed E-state index contributed by atoms with van der Waals surface area (Å²) in [7, 11) is 0. The van der Waals surface area contributed by atoms with Gasteiger partial charge < -0.3 is 15.2 Å². The van der Waals surface area contributed by atoms with Gasteiger partial charge in [-0.05, 0) is 30.5 Å². The van der Waals surface area contributed by atoms with Crippen LogP contribution in [-0.2, 0) is 11.3 Å². The average Bonchev–Trinajstić information content (AvgIpc) is 2.45. The van der Waals surface area contributed by atoms with Crippen LogP contribution >= 0.6 is 0 Å². The van der Waals surface area contributed by atoms with Crippen LogP contribution in [0.5, 0.6) is 5.75 Å². The molecule has 0 heterocycles. The largest absolute Gasteiger partial charge is 0.435 e. The number of aliphatic hydroxyl groups is 1. The first-order chi connectivity index (χ1) is 10.5. The van der Waals surface area contributed by atoms with E-state index >= 15 is 0 Å². The monoisotopic (exact) mass is 313 g/mol. The minimum Gasteiger partial charge on any atom is -0.435 e. The van der Waals surface area contributed by atoms with Gasteiger partial charge in [-0.2, -0.15) is 8.78 Å². The van der Waals surface area contributed by atoms with Gasteiger partial charge in [0.15, 0.2) is 0 Å². The Morgan fingerprint density at radius 3 is 2.73 bits per heavy atom. The molecule has 0 spiro atoms. The molecule has 2 rings (SSSR count). The van der Waals surface area contributed by atoms with Gasteiger partial charge in [-0.15, -0.1) is 0 Å². The Bertz CT molecular complexity index is 502. The molecule has 6 heteroatoms. The number of carbonyl (C=O) groups excluding carboxylic acids is 1. The second kappa shape index (κ2) is 7.54. The third-order valence-corrected chi connectivity index (χ3v) is 3.89. The molecule has 2 N–H and O–H groups in total. The molecule has 0 aromatic heterocycles. The highest BCUT2D eigenvalue weighted by Crippen LogP contribution is 2.30. The predicted octanol–water partition coefficient (Wildman–Crippen LogP) is 2.99. The second-order valence-electron chi connectivity index (χ2n) is 5.76. The van der Waals surface area contributed by atoms with Crippen LogP contribution in [-0.4, -0.2) is 23.2 Å². The number of hydrogen-bond acceptors (Lipinski definition) is 3. The lowest BCUT2D eigenvalue weighted by molar-refractivity contribution is -0.127. The first-order valence-corrected chi connectivity index (χ1v) is 7.50. The van der Waals surface area contributed by atoms with Crippen LogP contribution in [0.15, 0.2) is 24.3 Å². The van der Waals surface area contributed by atoms with Crippen molar-refractivity contribution in [3.05, 3.63) is 29.8 Å². The van der Waals surface area contributed by atoms with E-state index in [0.717, 1.165) is 19.3 Å². The predicted molar refractivity (Wildman–Crippen MR) is 77.6 cm³/mol. The van der Waals surface area contributed by atoms with Gasteiger partial charge in [0.2, 0.25) is 5.91 Å². The number of benzene rings is 1. The third-order valence-electron chi connectivity index (χ3n) is 3.89. The van der Waals surface area contributed by atoms with Crippen LogP contribution in [0.25, 0.3) is 0 Å². The molecule has 1 saturated carbocycles. The van der Waals surface area contributed by atoms with Crippen molar-refractivity contribution in [1.82, 2.24) is 5.32 Å². The molecule has 22 heavy (non-hydrogen) atoms. The molecule has 0 bridgehead atoms. The van der Waals surface area contributed by atoms with Crippen LogP contribution in [0.3, 0.4) is 0 Å². The highest BCUT2D eigenvalue weighted by Gasteiger charge is 2.31. The van der Waals surface area contributed by atoms with Gasteiger partial charge in [0.1, 0.15) is 5.75 Å². The molecule has 1 aromatic rings. The summed E-state index contributed by atoms with van der Waals surface area (Å²) in [5, 5.41) is 13.0. The summed E-state index contributed by atoms with van der Waals surface area (Å²) in [5.41, 5.74) is -0.231. The van der Waals surface area contributed by atoms with E-state index in [1.54, 1.807) is 12.1 Å². The Morgan fingerprint density at radius 2 is 2.05 bits per heavy atom. The number of amides is 1. The maximum atomic E-state index is 12.1. The first-order valence-electron chi connectivity index (χ1n) is 7.50. The molecule has 0 atom stereocenters. The van der Waals surface area contributed by atoms with E-state index in [1.165, 1.54) is 12.1 Å². The molecule has 1 aliphatic rings. The highest BCUT2D eigenvalue weighted by atomic mass is 19.3. The SMILES string of the molecule is O=C(CC1(O)CCCCC1)NCc1cccc(OC(F)F)c1. The number of nitrogens with one attached hydrogen (secondary N) is 1. The van der Waals surface area contributed by atoms with Crippen molar-refractivity contribution in [3.63, 3.8) is 0 Å². The van der Waals surface area contributed by atoms with Gasteiger partial charge in [0.25, 0.3) is 0 Å². The minimum absolute atomic E-state index is 0.0626. The lowest BCUT2D eigenvalue weighted by Crippen LogP contribution is -2.38. The maximum absolute atomic E-state index is 12.1. The van der Waals surface area contributed by atoms with Gasteiger partial charge in [0.05, 0.1) is 12.0 Å². The van der Waals surface area contributed by atoms with Crippen LogP contribution in [0.1, 0.15) is 44.1 Å². The van der Waals surface area contributed by atoms with Crippen molar-refractivity contribution in [2.24, 2.45) is 0 Å². The maximum Gasteiger partial charge on any atom is 0.387 e. The molecule has 4 nitrogen and oxygen atoms in total. The molecular weight excluding hydrogens is 292 g/mol. The summed E-state index contributed by atoms with van der Waals surface area (Å²) in [6.07, 6.45) is 4.37. The van der Waals surface area contributed by atoms with Crippen molar-refractivity contribution >= 4 is 5.91 Å². The van der Waals surface area contributed by atoms with Gasteiger partial charge in [0, 0.05) is 6.54 Å². The quantitative estimate of drug-likeness (QED) is 0.849. The van der Waals surface area contributed by atoms with E-state index in [4.69, 9.17) is 0 Å². The number of rotatable bonds is 6. The summed E-state index contributed by atoms with van der Waals surface area (Å²) in [5.74, 6) is -0.169. The number of ether oxygens (including phenoxy) is 1. The molecule has 1 aliphatic carbocycles. The van der Waals surface area contributed by atoms with Crippen molar-refractivity contribution < 1.29 is 23.4 Å². The lowest BCUT2D eigenvalue weighted by atomic mass is 9.82. The van der Waals surface area contributed by atoms with Crippen LogP contribution in [0.4, 0.5) is 8.78 Å². The van der Waals surface area contributed by atoms with Gasteiger partial charge in [-0.1, -0.05) is 31.4 Å². The van der Waals surface area contributed by atoms with Crippen molar-refractivity contribution in [3.8, 4) is 5.75 Å². The molecule has 0 aliphatic heterocycles. The Kier molecular flexibility index (Phi) is 5.71. The summed E-state index contributed by atoms with van der Waals surface area (Å²) in [4.78, 5) is 11.9. The van der Waals surface area contributed by atoms with Crippen molar-refractivity contribution in [2.75, 3.05) is 0 Å². The fraction of sp³-hybridized carbons (Fsp3) is 0.562. The molecule has 0 unspecified atom stereocenters. The van der Waals surface area contributed by atoms with Crippen LogP contribution in [0, 0.1) is 0 Å². The molecule has 122 valence electrons. The summed E-state index contributed by atoms with van der Waals surface area (Å²) in [6, 6.07) is 6.20. The molecule has 1 fully saturated rings. The second-order valence-corrected chi connectivity index (χ2v) is 5.76. The Morgan fingerprint density at radius 1 is 1.32 bits per heavy atom. The van der Waals surface area contributed by atoms with E-state index in [-0.39, 0.29) is 24.6 Å². The minimum atomic E-state index is -2.87. The lowest BCUT2D eigenvalue weighted by Gasteiger charge is -2.31. The van der Waals surface area contributed by atoms with Gasteiger partial charge in [-0.25, -0.2) is 0 Å². The number of hydrogen-bond donors (Lipinski definition) is 2. The molecule has 0 saturated heterocycles. The van der Waals surface area contributed by atoms with E-state index in [0.29, 0.717) is 18.4 Å². The van der Waals surface area contributed by atoms with Crippen LogP contribution in [0.2, 0.25) is 0 Å². The fourth-order valence-electron chi connectivity index (χ4n) is 2.78. The molecule has 1 aromatic carbocycles. The number of halogens is 2.